The number of rotatable bonds is 8. The van der Waals surface area contributed by atoms with Crippen LogP contribution in [0.15, 0.2) is 34.2 Å². The van der Waals surface area contributed by atoms with E-state index >= 15 is 0 Å². The van der Waals surface area contributed by atoms with Crippen molar-refractivity contribution in [1.82, 2.24) is 19.2 Å². The van der Waals surface area contributed by atoms with Crippen LogP contribution in [-0.2, 0) is 22.3 Å². The van der Waals surface area contributed by atoms with Crippen LogP contribution in [0.3, 0.4) is 0 Å². The van der Waals surface area contributed by atoms with Gasteiger partial charge in [0.25, 0.3) is 5.56 Å². The molecule has 0 bridgehead atoms. The Morgan fingerprint density at radius 3 is 2.55 bits per heavy atom. The Hall–Kier alpha value is -2.20. The Labute approximate surface area is 200 Å². The largest absolute Gasteiger partial charge is 0.352 e. The van der Waals surface area contributed by atoms with E-state index < -0.39 is 0 Å². The second kappa shape index (κ2) is 9.58. The number of hydrogen-bond acceptors (Lipinski definition) is 7. The minimum absolute atomic E-state index is 0.00814. The SMILES string of the molecule is CCOC(CSc1nnc2n(-c3ccc(C)cc3)c(=O)c3c4c(sc3n12)CCCC4)OCC. The van der Waals surface area contributed by atoms with Crippen LogP contribution in [-0.4, -0.2) is 44.4 Å². The van der Waals surface area contributed by atoms with Gasteiger partial charge in [0.15, 0.2) is 11.4 Å². The maximum absolute atomic E-state index is 13.8. The minimum Gasteiger partial charge on any atom is -0.352 e. The molecular formula is C24H28N4O3S2. The molecule has 3 aromatic heterocycles. The second-order valence-electron chi connectivity index (χ2n) is 8.14. The summed E-state index contributed by atoms with van der Waals surface area (Å²) in [5, 5.41) is 10.5. The first-order chi connectivity index (χ1) is 16.1. The first kappa shape index (κ1) is 22.6. The summed E-state index contributed by atoms with van der Waals surface area (Å²) in [6.07, 6.45) is 3.96. The zero-order chi connectivity index (χ0) is 22.9. The fraction of sp³-hybridized carbons (Fsp3) is 0.458. The first-order valence-electron chi connectivity index (χ1n) is 11.5. The molecule has 0 amide bonds. The number of ether oxygens (including phenoxy) is 2. The summed E-state index contributed by atoms with van der Waals surface area (Å²) in [4.78, 5) is 16.1. The van der Waals surface area contributed by atoms with E-state index in [0.29, 0.717) is 24.7 Å². The van der Waals surface area contributed by atoms with Gasteiger partial charge in [0.2, 0.25) is 5.78 Å². The number of fused-ring (bicyclic) bond motifs is 5. The molecule has 1 aromatic carbocycles. The van der Waals surface area contributed by atoms with Crippen LogP contribution in [0.4, 0.5) is 0 Å². The predicted octanol–water partition coefficient (Wildman–Crippen LogP) is 4.77. The van der Waals surface area contributed by atoms with Gasteiger partial charge >= 0.3 is 0 Å². The molecule has 4 aromatic rings. The van der Waals surface area contributed by atoms with Gasteiger partial charge in [0, 0.05) is 18.1 Å². The van der Waals surface area contributed by atoms with Crippen molar-refractivity contribution >= 4 is 39.1 Å². The lowest BCUT2D eigenvalue weighted by Crippen LogP contribution is -2.22. The number of aryl methyl sites for hydroxylation is 3. The highest BCUT2D eigenvalue weighted by Crippen LogP contribution is 2.36. The second-order valence-corrected chi connectivity index (χ2v) is 10.2. The van der Waals surface area contributed by atoms with Crippen LogP contribution in [0, 0.1) is 6.92 Å². The summed E-state index contributed by atoms with van der Waals surface area (Å²) in [5.74, 6) is 1.14. The number of benzene rings is 1. The average molecular weight is 485 g/mol. The molecule has 0 spiro atoms. The molecule has 174 valence electrons. The zero-order valence-electron chi connectivity index (χ0n) is 19.2. The average Bonchev–Trinajstić information content (AvgIpc) is 3.41. The van der Waals surface area contributed by atoms with Crippen LogP contribution >= 0.6 is 23.1 Å². The van der Waals surface area contributed by atoms with Gasteiger partial charge in [0.1, 0.15) is 4.83 Å². The molecule has 0 fully saturated rings. The molecule has 33 heavy (non-hydrogen) atoms. The first-order valence-corrected chi connectivity index (χ1v) is 13.3. The van der Waals surface area contributed by atoms with E-state index in [4.69, 9.17) is 9.47 Å². The van der Waals surface area contributed by atoms with Crippen LogP contribution in [0.25, 0.3) is 21.7 Å². The predicted molar refractivity (Wildman–Crippen MR) is 133 cm³/mol. The van der Waals surface area contributed by atoms with Gasteiger partial charge in [-0.1, -0.05) is 29.5 Å². The van der Waals surface area contributed by atoms with Gasteiger partial charge in [-0.05, 0) is 64.2 Å². The lowest BCUT2D eigenvalue weighted by atomic mass is 9.97. The molecule has 0 radical (unpaired) electrons. The normalized spacial score (nSPS) is 13.9. The summed E-state index contributed by atoms with van der Waals surface area (Å²) >= 11 is 3.27. The molecule has 0 saturated carbocycles. The van der Waals surface area contributed by atoms with E-state index in [2.05, 4.69) is 14.6 Å². The van der Waals surface area contributed by atoms with Gasteiger partial charge in [-0.2, -0.15) is 0 Å². The molecule has 0 unspecified atom stereocenters. The summed E-state index contributed by atoms with van der Waals surface area (Å²) in [7, 11) is 0. The Bertz CT molecular complexity index is 1330. The Kier molecular flexibility index (Phi) is 6.56. The van der Waals surface area contributed by atoms with Gasteiger partial charge in [-0.15, -0.1) is 21.5 Å². The number of nitrogens with zero attached hydrogens (tertiary/aromatic N) is 4. The van der Waals surface area contributed by atoms with Gasteiger partial charge in [-0.25, -0.2) is 8.97 Å². The quantitative estimate of drug-likeness (QED) is 0.265. The van der Waals surface area contributed by atoms with Crippen molar-refractivity contribution in [2.45, 2.75) is 57.9 Å². The van der Waals surface area contributed by atoms with Crippen molar-refractivity contribution in [2.75, 3.05) is 19.0 Å². The van der Waals surface area contributed by atoms with Crippen molar-refractivity contribution in [1.29, 1.82) is 0 Å². The lowest BCUT2D eigenvalue weighted by Gasteiger charge is -2.16. The van der Waals surface area contributed by atoms with E-state index in [1.807, 2.05) is 45.0 Å². The summed E-state index contributed by atoms with van der Waals surface area (Å²) in [5.41, 5.74) is 3.15. The third kappa shape index (κ3) is 4.12. The number of aromatic nitrogens is 4. The standard InChI is InChI=1S/C24H28N4O3S2/c1-4-30-19(31-5-2)14-32-24-26-25-23-27(16-12-10-15(3)11-13-16)21(29)20-17-8-6-7-9-18(17)33-22(20)28(23)24/h10-13,19H,4-9,14H2,1-3H3. The number of hydrogen-bond donors (Lipinski definition) is 0. The van der Waals surface area contributed by atoms with E-state index in [-0.39, 0.29) is 11.8 Å². The zero-order valence-corrected chi connectivity index (χ0v) is 20.8. The smallest absolute Gasteiger partial charge is 0.268 e. The van der Waals surface area contributed by atoms with Gasteiger partial charge in [0.05, 0.1) is 16.8 Å². The fourth-order valence-corrected chi connectivity index (χ4v) is 6.71. The Morgan fingerprint density at radius 1 is 1.09 bits per heavy atom. The molecule has 1 aliphatic rings. The van der Waals surface area contributed by atoms with E-state index in [1.54, 1.807) is 27.7 Å². The molecule has 9 heteroatoms. The molecule has 3 heterocycles. The van der Waals surface area contributed by atoms with E-state index in [1.165, 1.54) is 16.9 Å². The minimum atomic E-state index is -0.313. The van der Waals surface area contributed by atoms with Crippen LogP contribution < -0.4 is 5.56 Å². The third-order valence-electron chi connectivity index (χ3n) is 5.93. The summed E-state index contributed by atoms with van der Waals surface area (Å²) in [6.45, 7) is 7.13. The molecule has 5 rings (SSSR count). The molecule has 0 atom stereocenters. The monoisotopic (exact) mass is 484 g/mol. The number of thioether (sulfide) groups is 1. The van der Waals surface area contributed by atoms with Crippen molar-refractivity contribution < 1.29 is 9.47 Å². The summed E-state index contributed by atoms with van der Waals surface area (Å²) in [6, 6.07) is 7.99. The highest BCUT2D eigenvalue weighted by atomic mass is 32.2. The maximum Gasteiger partial charge on any atom is 0.268 e. The number of thiophene rings is 1. The van der Waals surface area contributed by atoms with E-state index in [9.17, 15) is 4.79 Å². The highest BCUT2D eigenvalue weighted by Gasteiger charge is 2.26. The van der Waals surface area contributed by atoms with Crippen LogP contribution in [0.5, 0.6) is 0 Å². The molecule has 0 saturated heterocycles. The van der Waals surface area contributed by atoms with Crippen LogP contribution in [0.1, 0.15) is 42.7 Å². The van der Waals surface area contributed by atoms with Gasteiger partial charge < -0.3 is 9.47 Å². The van der Waals surface area contributed by atoms with Crippen molar-refractivity contribution in [2.24, 2.45) is 0 Å². The van der Waals surface area contributed by atoms with Crippen LogP contribution in [0.2, 0.25) is 0 Å². The van der Waals surface area contributed by atoms with Crippen molar-refractivity contribution in [3.63, 3.8) is 0 Å². The van der Waals surface area contributed by atoms with Crippen molar-refractivity contribution in [3.05, 3.63) is 50.6 Å². The Balaban J connectivity index is 1.71. The fourth-order valence-electron chi connectivity index (χ4n) is 4.40. The molecule has 1 aliphatic carbocycles. The molecular weight excluding hydrogens is 456 g/mol. The molecule has 7 nitrogen and oxygen atoms in total. The topological polar surface area (TPSA) is 70.7 Å². The maximum atomic E-state index is 13.8. The molecule has 0 N–H and O–H groups in total. The third-order valence-corrected chi connectivity index (χ3v) is 8.17. The van der Waals surface area contributed by atoms with Gasteiger partial charge in [-0.3, -0.25) is 4.79 Å². The van der Waals surface area contributed by atoms with Crippen molar-refractivity contribution in [3.8, 4) is 5.69 Å². The summed E-state index contributed by atoms with van der Waals surface area (Å²) < 4.78 is 15.2. The lowest BCUT2D eigenvalue weighted by molar-refractivity contribution is -0.120. The highest BCUT2D eigenvalue weighted by molar-refractivity contribution is 7.99. The molecule has 0 aliphatic heterocycles. The van der Waals surface area contributed by atoms with E-state index in [0.717, 1.165) is 45.9 Å². The Morgan fingerprint density at radius 2 is 1.82 bits per heavy atom.